The van der Waals surface area contributed by atoms with Crippen molar-refractivity contribution in [1.82, 2.24) is 9.55 Å². The highest BCUT2D eigenvalue weighted by atomic mass is 19.1. The van der Waals surface area contributed by atoms with Crippen LogP contribution in [0.1, 0.15) is 29.0 Å². The molecule has 3 aromatic rings. The van der Waals surface area contributed by atoms with Crippen LogP contribution in [-0.2, 0) is 13.0 Å². The molecule has 132 valence electrons. The molecule has 0 fully saturated rings. The van der Waals surface area contributed by atoms with E-state index in [4.69, 9.17) is 0 Å². The van der Waals surface area contributed by atoms with Crippen molar-refractivity contribution >= 4 is 22.5 Å². The second-order valence-electron chi connectivity index (χ2n) is 6.49. The molecule has 0 bridgehead atoms. The minimum absolute atomic E-state index is 0.0637. The predicted octanol–water partition coefficient (Wildman–Crippen LogP) is 3.15. The third kappa shape index (κ3) is 2.67. The maximum atomic E-state index is 14.0. The summed E-state index contributed by atoms with van der Waals surface area (Å²) in [5.74, 6) is -0.0491. The van der Waals surface area contributed by atoms with Gasteiger partial charge in [-0.05, 0) is 43.2 Å². The third-order valence-corrected chi connectivity index (χ3v) is 4.83. The molecule has 0 radical (unpaired) electrons. The lowest BCUT2D eigenvalue weighted by Gasteiger charge is -2.19. The summed E-state index contributed by atoms with van der Waals surface area (Å²) >= 11 is 0. The minimum Gasteiger partial charge on any atom is -0.309 e. The van der Waals surface area contributed by atoms with Gasteiger partial charge in [-0.1, -0.05) is 12.1 Å². The lowest BCUT2D eigenvalue weighted by molar-refractivity contribution is 0.0992. The van der Waals surface area contributed by atoms with E-state index in [9.17, 15) is 14.0 Å². The molecule has 0 spiro atoms. The van der Waals surface area contributed by atoms with Crippen LogP contribution in [0.2, 0.25) is 0 Å². The molecule has 1 aliphatic rings. The summed E-state index contributed by atoms with van der Waals surface area (Å²) in [5, 5.41) is 0.501. The zero-order valence-electron chi connectivity index (χ0n) is 14.4. The van der Waals surface area contributed by atoms with Gasteiger partial charge in [-0.15, -0.1) is 0 Å². The highest BCUT2D eigenvalue weighted by molar-refractivity contribution is 6.07. The van der Waals surface area contributed by atoms with Crippen LogP contribution in [-0.4, -0.2) is 22.5 Å². The zero-order valence-corrected chi connectivity index (χ0v) is 14.4. The number of hydrogen-bond donors (Lipinski definition) is 0. The molecule has 0 N–H and O–H groups in total. The van der Waals surface area contributed by atoms with Gasteiger partial charge in [0.25, 0.3) is 11.5 Å². The van der Waals surface area contributed by atoms with Crippen LogP contribution in [0.4, 0.5) is 10.1 Å². The Hall–Kier alpha value is -3.02. The number of anilines is 1. The first-order valence-electron chi connectivity index (χ1n) is 8.62. The third-order valence-electron chi connectivity index (χ3n) is 4.83. The van der Waals surface area contributed by atoms with E-state index in [1.165, 1.54) is 18.0 Å². The van der Waals surface area contributed by atoms with Crippen LogP contribution in [0, 0.1) is 5.82 Å². The van der Waals surface area contributed by atoms with Crippen LogP contribution < -0.4 is 10.5 Å². The van der Waals surface area contributed by atoms with Gasteiger partial charge >= 0.3 is 0 Å². The summed E-state index contributed by atoms with van der Waals surface area (Å²) in [6.07, 6.45) is 2.75. The number of fused-ring (bicyclic) bond motifs is 2. The summed E-state index contributed by atoms with van der Waals surface area (Å²) in [5.41, 5.74) is 1.02. The molecular weight excluding hydrogens is 333 g/mol. The molecule has 6 heteroatoms. The maximum Gasteiger partial charge on any atom is 0.261 e. The maximum absolute atomic E-state index is 14.0. The van der Waals surface area contributed by atoms with E-state index in [2.05, 4.69) is 4.98 Å². The van der Waals surface area contributed by atoms with Gasteiger partial charge in [-0.3, -0.25) is 14.2 Å². The van der Waals surface area contributed by atoms with E-state index in [1.807, 2.05) is 0 Å². The van der Waals surface area contributed by atoms with Crippen molar-refractivity contribution in [3.8, 4) is 0 Å². The fourth-order valence-electron chi connectivity index (χ4n) is 3.40. The SMILES string of the molecule is CN(C(=O)c1ccc2c(=O)n3c(nc2c1)CCCC3)c1ccccc1F. The topological polar surface area (TPSA) is 55.2 Å². The van der Waals surface area contributed by atoms with Crippen molar-refractivity contribution in [3.05, 3.63) is 70.0 Å². The quantitative estimate of drug-likeness (QED) is 0.713. The van der Waals surface area contributed by atoms with Gasteiger partial charge < -0.3 is 4.90 Å². The Morgan fingerprint density at radius 2 is 2.00 bits per heavy atom. The average molecular weight is 351 g/mol. The molecule has 0 atom stereocenters. The van der Waals surface area contributed by atoms with E-state index < -0.39 is 5.82 Å². The number of rotatable bonds is 2. The summed E-state index contributed by atoms with van der Waals surface area (Å²) in [7, 11) is 1.53. The van der Waals surface area contributed by atoms with Crippen LogP contribution in [0.5, 0.6) is 0 Å². The first kappa shape index (κ1) is 16.4. The number of nitrogens with zero attached hydrogens (tertiary/aromatic N) is 3. The van der Waals surface area contributed by atoms with E-state index in [0.29, 0.717) is 23.0 Å². The molecule has 4 rings (SSSR count). The first-order valence-corrected chi connectivity index (χ1v) is 8.62. The molecule has 26 heavy (non-hydrogen) atoms. The van der Waals surface area contributed by atoms with Gasteiger partial charge in [0, 0.05) is 25.6 Å². The summed E-state index contributed by atoms with van der Waals surface area (Å²) in [6.45, 7) is 0.688. The number of benzene rings is 2. The monoisotopic (exact) mass is 351 g/mol. The molecule has 1 amide bonds. The van der Waals surface area contributed by atoms with Gasteiger partial charge in [0.05, 0.1) is 16.6 Å². The van der Waals surface area contributed by atoms with Crippen molar-refractivity contribution in [2.45, 2.75) is 25.8 Å². The summed E-state index contributed by atoms with van der Waals surface area (Å²) < 4.78 is 15.7. The van der Waals surface area contributed by atoms with Gasteiger partial charge in [0.1, 0.15) is 11.6 Å². The lowest BCUT2D eigenvalue weighted by Crippen LogP contribution is -2.29. The molecule has 0 unspecified atom stereocenters. The lowest BCUT2D eigenvalue weighted by atomic mass is 10.1. The van der Waals surface area contributed by atoms with Crippen molar-refractivity contribution in [3.63, 3.8) is 0 Å². The van der Waals surface area contributed by atoms with Crippen molar-refractivity contribution in [2.75, 3.05) is 11.9 Å². The van der Waals surface area contributed by atoms with Crippen molar-refractivity contribution < 1.29 is 9.18 Å². The molecule has 1 aromatic heterocycles. The van der Waals surface area contributed by atoms with Gasteiger partial charge in [0.2, 0.25) is 0 Å². The van der Waals surface area contributed by atoms with Gasteiger partial charge in [0.15, 0.2) is 0 Å². The van der Waals surface area contributed by atoms with Crippen LogP contribution in [0.15, 0.2) is 47.3 Å². The molecule has 2 heterocycles. The molecule has 1 aliphatic heterocycles. The number of aryl methyl sites for hydroxylation is 1. The molecule has 5 nitrogen and oxygen atoms in total. The Kier molecular flexibility index (Phi) is 4.03. The number of hydrogen-bond acceptors (Lipinski definition) is 3. The fourth-order valence-corrected chi connectivity index (χ4v) is 3.40. The Bertz CT molecular complexity index is 1070. The molecule has 0 saturated carbocycles. The smallest absolute Gasteiger partial charge is 0.261 e. The standard InChI is InChI=1S/C20H18FN3O2/c1-23(17-7-3-2-6-15(17)21)19(25)13-9-10-14-16(12-13)22-18-8-4-5-11-24(18)20(14)26/h2-3,6-7,9-10,12H,4-5,8,11H2,1H3. The van der Waals surface area contributed by atoms with E-state index >= 15 is 0 Å². The molecule has 0 saturated heterocycles. The highest BCUT2D eigenvalue weighted by Crippen LogP contribution is 2.21. The normalized spacial score (nSPS) is 13.5. The van der Waals surface area contributed by atoms with E-state index in [1.54, 1.807) is 41.0 Å². The van der Waals surface area contributed by atoms with E-state index in [0.717, 1.165) is 25.1 Å². The van der Waals surface area contributed by atoms with Gasteiger partial charge in [-0.25, -0.2) is 9.37 Å². The van der Waals surface area contributed by atoms with Gasteiger partial charge in [-0.2, -0.15) is 0 Å². The van der Waals surface area contributed by atoms with E-state index in [-0.39, 0.29) is 17.2 Å². The second-order valence-corrected chi connectivity index (χ2v) is 6.49. The van der Waals surface area contributed by atoms with Crippen LogP contribution in [0.25, 0.3) is 10.9 Å². The number of aromatic nitrogens is 2. The highest BCUT2D eigenvalue weighted by Gasteiger charge is 2.19. The summed E-state index contributed by atoms with van der Waals surface area (Å²) in [6, 6.07) is 11.0. The minimum atomic E-state index is -0.463. The zero-order chi connectivity index (χ0) is 18.3. The molecule has 2 aromatic carbocycles. The Labute approximate surface area is 149 Å². The molecule has 0 aliphatic carbocycles. The molecular formula is C20H18FN3O2. The fraction of sp³-hybridized carbons (Fsp3) is 0.250. The Morgan fingerprint density at radius 1 is 1.19 bits per heavy atom. The second kappa shape index (κ2) is 6.37. The number of amides is 1. The number of carbonyl (C=O) groups excluding carboxylic acids is 1. The largest absolute Gasteiger partial charge is 0.309 e. The number of para-hydroxylation sites is 1. The van der Waals surface area contributed by atoms with Crippen molar-refractivity contribution in [2.24, 2.45) is 0 Å². The number of carbonyl (C=O) groups is 1. The average Bonchev–Trinajstić information content (AvgIpc) is 2.67. The van der Waals surface area contributed by atoms with Crippen LogP contribution >= 0.6 is 0 Å². The first-order chi connectivity index (χ1) is 12.6. The Balaban J connectivity index is 1.77. The van der Waals surface area contributed by atoms with Crippen LogP contribution in [0.3, 0.4) is 0 Å². The summed E-state index contributed by atoms with van der Waals surface area (Å²) in [4.78, 5) is 31.2. The predicted molar refractivity (Wildman–Crippen MR) is 98.1 cm³/mol. The number of halogens is 1. The Morgan fingerprint density at radius 3 is 2.81 bits per heavy atom. The van der Waals surface area contributed by atoms with Crippen molar-refractivity contribution in [1.29, 1.82) is 0 Å².